The van der Waals surface area contributed by atoms with Crippen LogP contribution in [0.25, 0.3) is 0 Å². The number of anilines is 1. The van der Waals surface area contributed by atoms with E-state index in [1.165, 1.54) is 17.0 Å². The molecule has 1 aromatic carbocycles. The Hall–Kier alpha value is -2.16. The Kier molecular flexibility index (Phi) is 3.15. The third kappa shape index (κ3) is 1.88. The maximum absolute atomic E-state index is 13.8. The van der Waals surface area contributed by atoms with Gasteiger partial charge in [-0.3, -0.25) is 4.79 Å². The van der Waals surface area contributed by atoms with Gasteiger partial charge in [0.15, 0.2) is 11.6 Å². The molecule has 18 heavy (non-hydrogen) atoms. The van der Waals surface area contributed by atoms with Crippen molar-refractivity contribution in [2.24, 2.45) is 0 Å². The molecule has 0 radical (unpaired) electrons. The zero-order valence-electron chi connectivity index (χ0n) is 9.70. The van der Waals surface area contributed by atoms with Gasteiger partial charge in [-0.2, -0.15) is 5.26 Å². The number of halogens is 2. The zero-order chi connectivity index (χ0) is 13.3. The molecule has 0 spiro atoms. The molecule has 1 aliphatic heterocycles. The molecule has 0 bridgehead atoms. The first kappa shape index (κ1) is 12.3. The molecule has 1 N–H and O–H groups in total. The molecule has 1 unspecified atom stereocenters. The zero-order valence-corrected chi connectivity index (χ0v) is 9.70. The molecular weight excluding hydrogens is 240 g/mol. The summed E-state index contributed by atoms with van der Waals surface area (Å²) in [6.45, 7) is 2.39. The fourth-order valence-electron chi connectivity index (χ4n) is 1.96. The largest absolute Gasteiger partial charge is 0.356 e. The molecule has 1 saturated heterocycles. The third-order valence-electron chi connectivity index (χ3n) is 2.99. The molecule has 6 heteroatoms. The number of carbonyl (C=O) groups is 1. The Balaban J connectivity index is 2.43. The van der Waals surface area contributed by atoms with Crippen LogP contribution in [-0.4, -0.2) is 25.0 Å². The summed E-state index contributed by atoms with van der Waals surface area (Å²) >= 11 is 0. The molecular formula is C12H11F2N3O. The van der Waals surface area contributed by atoms with Crippen LogP contribution in [0.3, 0.4) is 0 Å². The highest BCUT2D eigenvalue weighted by Gasteiger charge is 2.28. The number of nitrogens with one attached hydrogen (secondary N) is 1. The number of piperazine rings is 1. The van der Waals surface area contributed by atoms with E-state index in [0.29, 0.717) is 13.1 Å². The predicted octanol–water partition coefficient (Wildman–Crippen LogP) is 1.16. The first-order valence-corrected chi connectivity index (χ1v) is 5.48. The minimum absolute atomic E-state index is 0.00819. The molecule has 94 valence electrons. The molecule has 0 saturated carbocycles. The van der Waals surface area contributed by atoms with Gasteiger partial charge in [-0.25, -0.2) is 8.78 Å². The van der Waals surface area contributed by atoms with Crippen molar-refractivity contribution in [1.29, 1.82) is 5.26 Å². The number of hydrogen-bond donors (Lipinski definition) is 1. The molecule has 1 aromatic rings. The summed E-state index contributed by atoms with van der Waals surface area (Å²) in [7, 11) is 0. The molecule has 0 aromatic heterocycles. The summed E-state index contributed by atoms with van der Waals surface area (Å²) < 4.78 is 27.4. The molecule has 2 rings (SSSR count). The van der Waals surface area contributed by atoms with E-state index in [2.05, 4.69) is 5.32 Å². The van der Waals surface area contributed by atoms with Crippen molar-refractivity contribution in [3.63, 3.8) is 0 Å². The quantitative estimate of drug-likeness (QED) is 0.815. The van der Waals surface area contributed by atoms with Gasteiger partial charge >= 0.3 is 0 Å². The lowest BCUT2D eigenvalue weighted by atomic mass is 10.1. The van der Waals surface area contributed by atoms with Crippen LogP contribution in [0.2, 0.25) is 0 Å². The van der Waals surface area contributed by atoms with Crippen LogP contribution in [0.15, 0.2) is 12.1 Å². The number of carbonyl (C=O) groups excluding carboxylic acids is 1. The van der Waals surface area contributed by atoms with Crippen molar-refractivity contribution in [3.05, 3.63) is 29.3 Å². The van der Waals surface area contributed by atoms with E-state index in [-0.39, 0.29) is 17.2 Å². The van der Waals surface area contributed by atoms with E-state index in [1.54, 1.807) is 13.0 Å². The van der Waals surface area contributed by atoms with Crippen molar-refractivity contribution in [2.75, 3.05) is 18.0 Å². The monoisotopic (exact) mass is 251 g/mol. The van der Waals surface area contributed by atoms with Crippen LogP contribution < -0.4 is 10.2 Å². The number of hydrogen-bond acceptors (Lipinski definition) is 3. The standard InChI is InChI=1S/C12H11F2N3O/c1-7-12(18)16-4-5-17(7)9-3-2-8(6-15)10(13)11(9)14/h2-3,7H,4-5H2,1H3,(H,16,18). The lowest BCUT2D eigenvalue weighted by Gasteiger charge is -2.34. The van der Waals surface area contributed by atoms with Crippen molar-refractivity contribution < 1.29 is 13.6 Å². The van der Waals surface area contributed by atoms with E-state index in [1.807, 2.05) is 0 Å². The number of benzene rings is 1. The van der Waals surface area contributed by atoms with Gasteiger partial charge < -0.3 is 10.2 Å². The van der Waals surface area contributed by atoms with Gasteiger partial charge in [-0.1, -0.05) is 0 Å². The van der Waals surface area contributed by atoms with Gasteiger partial charge in [0, 0.05) is 13.1 Å². The van der Waals surface area contributed by atoms with Crippen molar-refractivity contribution in [1.82, 2.24) is 5.32 Å². The average Bonchev–Trinajstić information content (AvgIpc) is 2.37. The summed E-state index contributed by atoms with van der Waals surface area (Å²) in [6.07, 6.45) is 0. The van der Waals surface area contributed by atoms with Gasteiger partial charge in [0.1, 0.15) is 12.1 Å². The van der Waals surface area contributed by atoms with E-state index in [0.717, 1.165) is 0 Å². The van der Waals surface area contributed by atoms with E-state index < -0.39 is 17.7 Å². The van der Waals surface area contributed by atoms with Gasteiger partial charge in [0.25, 0.3) is 0 Å². The van der Waals surface area contributed by atoms with Crippen LogP contribution in [0.1, 0.15) is 12.5 Å². The van der Waals surface area contributed by atoms with E-state index in [4.69, 9.17) is 5.26 Å². The summed E-state index contributed by atoms with van der Waals surface area (Å²) in [5, 5.41) is 11.2. The maximum Gasteiger partial charge on any atom is 0.242 e. The van der Waals surface area contributed by atoms with Gasteiger partial charge in [-0.15, -0.1) is 0 Å². The summed E-state index contributed by atoms with van der Waals surface area (Å²) in [4.78, 5) is 13.0. The minimum Gasteiger partial charge on any atom is -0.356 e. The number of nitriles is 1. The van der Waals surface area contributed by atoms with Crippen molar-refractivity contribution in [3.8, 4) is 6.07 Å². The van der Waals surface area contributed by atoms with Crippen LogP contribution in [-0.2, 0) is 4.79 Å². The normalized spacial score (nSPS) is 19.3. The SMILES string of the molecule is CC1C(=O)NCCN1c1ccc(C#N)c(F)c1F. The van der Waals surface area contributed by atoms with Crippen LogP contribution in [0.4, 0.5) is 14.5 Å². The van der Waals surface area contributed by atoms with Crippen molar-refractivity contribution >= 4 is 11.6 Å². The van der Waals surface area contributed by atoms with Crippen LogP contribution in [0, 0.1) is 23.0 Å². The number of nitrogens with zero attached hydrogens (tertiary/aromatic N) is 2. The minimum atomic E-state index is -1.17. The number of rotatable bonds is 1. The van der Waals surface area contributed by atoms with E-state index in [9.17, 15) is 13.6 Å². The van der Waals surface area contributed by atoms with Crippen LogP contribution in [0.5, 0.6) is 0 Å². The topological polar surface area (TPSA) is 56.1 Å². The molecule has 1 heterocycles. The highest BCUT2D eigenvalue weighted by Crippen LogP contribution is 2.26. The highest BCUT2D eigenvalue weighted by atomic mass is 19.2. The summed E-state index contributed by atoms with van der Waals surface area (Å²) in [6, 6.07) is 3.55. The summed E-state index contributed by atoms with van der Waals surface area (Å²) in [5.74, 6) is -2.49. The fraction of sp³-hybridized carbons (Fsp3) is 0.333. The molecule has 1 atom stereocenters. The first-order valence-electron chi connectivity index (χ1n) is 5.48. The Morgan fingerprint density at radius 3 is 2.83 bits per heavy atom. The second-order valence-corrected chi connectivity index (χ2v) is 4.03. The number of amides is 1. The second kappa shape index (κ2) is 4.61. The van der Waals surface area contributed by atoms with Gasteiger partial charge in [0.2, 0.25) is 5.91 Å². The molecule has 1 fully saturated rings. The second-order valence-electron chi connectivity index (χ2n) is 4.03. The molecule has 1 aliphatic rings. The third-order valence-corrected chi connectivity index (χ3v) is 2.99. The van der Waals surface area contributed by atoms with Gasteiger partial charge in [-0.05, 0) is 19.1 Å². The van der Waals surface area contributed by atoms with Gasteiger partial charge in [0.05, 0.1) is 11.3 Å². The Morgan fingerprint density at radius 1 is 1.44 bits per heavy atom. The predicted molar refractivity (Wildman–Crippen MR) is 60.9 cm³/mol. The van der Waals surface area contributed by atoms with E-state index >= 15 is 0 Å². The Labute approximate surface area is 103 Å². The lowest BCUT2D eigenvalue weighted by molar-refractivity contribution is -0.122. The first-order chi connectivity index (χ1) is 8.56. The summed E-state index contributed by atoms with van der Waals surface area (Å²) in [5.41, 5.74) is -0.334. The maximum atomic E-state index is 13.8. The molecule has 1 amide bonds. The average molecular weight is 251 g/mol. The smallest absolute Gasteiger partial charge is 0.242 e. The Bertz CT molecular complexity index is 539. The lowest BCUT2D eigenvalue weighted by Crippen LogP contribution is -2.54. The van der Waals surface area contributed by atoms with Crippen molar-refractivity contribution in [2.45, 2.75) is 13.0 Å². The Morgan fingerprint density at radius 2 is 2.17 bits per heavy atom. The van der Waals surface area contributed by atoms with Crippen LogP contribution >= 0.6 is 0 Å². The molecule has 0 aliphatic carbocycles. The molecule has 4 nitrogen and oxygen atoms in total. The highest BCUT2D eigenvalue weighted by molar-refractivity contribution is 5.86. The fourth-order valence-corrected chi connectivity index (χ4v) is 1.96.